The molecule has 0 atom stereocenters. The van der Waals surface area contributed by atoms with Crippen molar-refractivity contribution in [3.05, 3.63) is 12.0 Å². The van der Waals surface area contributed by atoms with E-state index in [0.717, 1.165) is 6.20 Å². The number of nitrogens with zero attached hydrogens (tertiary/aromatic N) is 2. The van der Waals surface area contributed by atoms with Crippen molar-refractivity contribution in [1.29, 1.82) is 0 Å². The van der Waals surface area contributed by atoms with Crippen LogP contribution in [0.4, 0.5) is 10.3 Å². The summed E-state index contributed by atoms with van der Waals surface area (Å²) in [5.41, 5.74) is 5.26. The highest BCUT2D eigenvalue weighted by Crippen LogP contribution is 2.12. The molecule has 0 saturated carbocycles. The van der Waals surface area contributed by atoms with Gasteiger partial charge in [-0.15, -0.1) is 0 Å². The first-order valence-electron chi connectivity index (χ1n) is 4.22. The molecule has 14 heavy (non-hydrogen) atoms. The van der Waals surface area contributed by atoms with E-state index in [9.17, 15) is 4.39 Å². The highest BCUT2D eigenvalue weighted by atomic mass is 19.1. The van der Waals surface area contributed by atoms with Crippen LogP contribution >= 0.6 is 0 Å². The molecule has 2 N–H and O–H groups in total. The summed E-state index contributed by atoms with van der Waals surface area (Å²) in [6, 6.07) is 0. The van der Waals surface area contributed by atoms with Gasteiger partial charge in [0.05, 0.1) is 12.8 Å². The second-order valence-electron chi connectivity index (χ2n) is 2.43. The van der Waals surface area contributed by atoms with Crippen LogP contribution in [0, 0.1) is 5.82 Å². The zero-order chi connectivity index (χ0) is 10.4. The Bertz CT molecular complexity index is 296. The summed E-state index contributed by atoms with van der Waals surface area (Å²) >= 11 is 0. The van der Waals surface area contributed by atoms with Crippen LogP contribution in [-0.4, -0.2) is 29.8 Å². The Morgan fingerprint density at radius 2 is 2.29 bits per heavy atom. The molecule has 78 valence electrons. The van der Waals surface area contributed by atoms with Crippen LogP contribution in [0.3, 0.4) is 0 Å². The van der Waals surface area contributed by atoms with Crippen LogP contribution in [0.5, 0.6) is 5.88 Å². The smallest absolute Gasteiger partial charge is 0.255 e. The van der Waals surface area contributed by atoms with Gasteiger partial charge in [-0.3, -0.25) is 0 Å². The Balaban J connectivity index is 2.45. The number of halogens is 1. The lowest BCUT2D eigenvalue weighted by Crippen LogP contribution is -2.09. The monoisotopic (exact) mass is 201 g/mol. The predicted molar refractivity (Wildman–Crippen MR) is 48.4 cm³/mol. The third-order valence-electron chi connectivity index (χ3n) is 1.40. The van der Waals surface area contributed by atoms with Crippen molar-refractivity contribution in [2.24, 2.45) is 0 Å². The van der Waals surface area contributed by atoms with E-state index >= 15 is 0 Å². The molecule has 1 aromatic rings. The van der Waals surface area contributed by atoms with Crippen LogP contribution < -0.4 is 10.5 Å². The molecule has 0 aromatic carbocycles. The fourth-order valence-corrected chi connectivity index (χ4v) is 0.807. The summed E-state index contributed by atoms with van der Waals surface area (Å²) in [4.78, 5) is 7.05. The van der Waals surface area contributed by atoms with Gasteiger partial charge in [0.1, 0.15) is 6.61 Å². The lowest BCUT2D eigenvalue weighted by molar-refractivity contribution is 0.106. The lowest BCUT2D eigenvalue weighted by Gasteiger charge is -2.05. The van der Waals surface area contributed by atoms with Crippen molar-refractivity contribution in [3.63, 3.8) is 0 Å². The minimum absolute atomic E-state index is 0.0159. The van der Waals surface area contributed by atoms with Gasteiger partial charge in [-0.1, -0.05) is 0 Å². The molecule has 0 aliphatic carbocycles. The Kier molecular flexibility index (Phi) is 4.06. The maximum absolute atomic E-state index is 12.9. The fourth-order valence-electron chi connectivity index (χ4n) is 0.807. The summed E-state index contributed by atoms with van der Waals surface area (Å²) < 4.78 is 22.9. The van der Waals surface area contributed by atoms with Gasteiger partial charge in [0.25, 0.3) is 5.88 Å². The summed E-state index contributed by atoms with van der Waals surface area (Å²) in [5.74, 6) is -0.786. The van der Waals surface area contributed by atoms with Crippen molar-refractivity contribution >= 4 is 5.95 Å². The van der Waals surface area contributed by atoms with E-state index in [0.29, 0.717) is 13.2 Å². The molecule has 1 heterocycles. The number of anilines is 1. The molecular formula is C8H12FN3O2. The maximum Gasteiger partial charge on any atom is 0.255 e. The Morgan fingerprint density at radius 1 is 1.50 bits per heavy atom. The minimum atomic E-state index is -0.629. The number of aromatic nitrogens is 2. The maximum atomic E-state index is 12.9. The predicted octanol–water partition coefficient (Wildman–Crippen LogP) is 0.613. The van der Waals surface area contributed by atoms with E-state index in [2.05, 4.69) is 9.97 Å². The number of ether oxygens (including phenoxy) is 2. The molecule has 0 saturated heterocycles. The van der Waals surface area contributed by atoms with Crippen molar-refractivity contribution in [2.45, 2.75) is 6.92 Å². The van der Waals surface area contributed by atoms with Crippen LogP contribution in [0.1, 0.15) is 6.92 Å². The normalized spacial score (nSPS) is 10.1. The second kappa shape index (κ2) is 5.33. The highest BCUT2D eigenvalue weighted by molar-refractivity contribution is 5.22. The van der Waals surface area contributed by atoms with Crippen molar-refractivity contribution < 1.29 is 13.9 Å². The van der Waals surface area contributed by atoms with Gasteiger partial charge >= 0.3 is 0 Å². The third kappa shape index (κ3) is 3.14. The molecule has 0 bridgehead atoms. The van der Waals surface area contributed by atoms with Crippen LogP contribution in [0.25, 0.3) is 0 Å². The molecule has 1 aromatic heterocycles. The fraction of sp³-hybridized carbons (Fsp3) is 0.500. The first kappa shape index (κ1) is 10.6. The Morgan fingerprint density at radius 3 is 3.00 bits per heavy atom. The molecule has 0 radical (unpaired) electrons. The van der Waals surface area contributed by atoms with Crippen molar-refractivity contribution in [2.75, 3.05) is 25.6 Å². The van der Waals surface area contributed by atoms with Crippen LogP contribution in [0.15, 0.2) is 6.20 Å². The SMILES string of the molecule is CCOCCOc1nc(N)ncc1F. The first-order chi connectivity index (χ1) is 6.74. The van der Waals surface area contributed by atoms with E-state index < -0.39 is 5.82 Å². The highest BCUT2D eigenvalue weighted by Gasteiger charge is 2.05. The summed E-state index contributed by atoms with van der Waals surface area (Å²) in [5, 5.41) is 0. The first-order valence-corrected chi connectivity index (χ1v) is 4.22. The lowest BCUT2D eigenvalue weighted by atomic mass is 10.6. The molecule has 5 nitrogen and oxygen atoms in total. The van der Waals surface area contributed by atoms with E-state index in [1.807, 2.05) is 6.92 Å². The van der Waals surface area contributed by atoms with Crippen molar-refractivity contribution in [3.8, 4) is 5.88 Å². The van der Waals surface area contributed by atoms with Gasteiger partial charge in [-0.25, -0.2) is 4.98 Å². The minimum Gasteiger partial charge on any atom is -0.473 e. The van der Waals surface area contributed by atoms with E-state index in [-0.39, 0.29) is 18.4 Å². The average molecular weight is 201 g/mol. The number of rotatable bonds is 5. The molecule has 0 amide bonds. The molecular weight excluding hydrogens is 189 g/mol. The van der Waals surface area contributed by atoms with Crippen LogP contribution in [-0.2, 0) is 4.74 Å². The molecule has 0 aliphatic heterocycles. The van der Waals surface area contributed by atoms with E-state index in [1.54, 1.807) is 0 Å². The van der Waals surface area contributed by atoms with Gasteiger partial charge in [-0.2, -0.15) is 9.37 Å². The van der Waals surface area contributed by atoms with Crippen molar-refractivity contribution in [1.82, 2.24) is 9.97 Å². The van der Waals surface area contributed by atoms with Gasteiger partial charge in [0.15, 0.2) is 0 Å². The largest absolute Gasteiger partial charge is 0.473 e. The Hall–Kier alpha value is -1.43. The number of hydrogen-bond donors (Lipinski definition) is 1. The van der Waals surface area contributed by atoms with Crippen LogP contribution in [0.2, 0.25) is 0 Å². The average Bonchev–Trinajstić information content (AvgIpc) is 2.18. The van der Waals surface area contributed by atoms with Gasteiger partial charge in [0, 0.05) is 6.61 Å². The summed E-state index contributed by atoms with van der Waals surface area (Å²) in [7, 11) is 0. The Labute approximate surface area is 81.1 Å². The number of hydrogen-bond acceptors (Lipinski definition) is 5. The number of nitrogen functional groups attached to an aromatic ring is 1. The second-order valence-corrected chi connectivity index (χ2v) is 2.43. The van der Waals surface area contributed by atoms with Gasteiger partial charge in [0.2, 0.25) is 11.8 Å². The third-order valence-corrected chi connectivity index (χ3v) is 1.40. The molecule has 0 aliphatic rings. The molecule has 0 spiro atoms. The van der Waals surface area contributed by atoms with Gasteiger partial charge in [-0.05, 0) is 6.92 Å². The van der Waals surface area contributed by atoms with E-state index in [1.165, 1.54) is 0 Å². The summed E-state index contributed by atoms with van der Waals surface area (Å²) in [6.45, 7) is 3.09. The topological polar surface area (TPSA) is 70.3 Å². The summed E-state index contributed by atoms with van der Waals surface area (Å²) in [6.07, 6.45) is 0.971. The zero-order valence-electron chi connectivity index (χ0n) is 7.86. The molecule has 6 heteroatoms. The van der Waals surface area contributed by atoms with E-state index in [4.69, 9.17) is 15.2 Å². The van der Waals surface area contributed by atoms with Gasteiger partial charge < -0.3 is 15.2 Å². The zero-order valence-corrected chi connectivity index (χ0v) is 7.86. The quantitative estimate of drug-likeness (QED) is 0.707. The molecule has 0 fully saturated rings. The standard InChI is InChI=1S/C8H12FN3O2/c1-2-13-3-4-14-7-6(9)5-11-8(10)12-7/h5H,2-4H2,1H3,(H2,10,11,12). The molecule has 1 rings (SSSR count). The molecule has 0 unspecified atom stereocenters. The number of nitrogens with two attached hydrogens (primary N) is 1.